The number of likely N-dealkylation sites (tertiary alicyclic amines) is 1. The number of nitrogens with one attached hydrogen (secondary N) is 1. The van der Waals surface area contributed by atoms with Crippen molar-refractivity contribution in [2.75, 3.05) is 19.6 Å². The average molecular weight is 517 g/mol. The Hall–Kier alpha value is -3.67. The summed E-state index contributed by atoms with van der Waals surface area (Å²) in [4.78, 5) is 47.1. The molecular formula is C25H27F3N6O3. The van der Waals surface area contributed by atoms with Crippen LogP contribution >= 0.6 is 0 Å². The second-order valence-electron chi connectivity index (χ2n) is 9.37. The van der Waals surface area contributed by atoms with Gasteiger partial charge in [0, 0.05) is 43.4 Å². The molecule has 196 valence electrons. The Balaban J connectivity index is 1.59. The number of hydrogen-bond acceptors (Lipinski definition) is 7. The number of fused-ring (bicyclic) bond motifs is 1. The fraction of sp³-hybridized carbons (Fsp3) is 0.440. The number of aldehydes is 1. The van der Waals surface area contributed by atoms with E-state index in [1.54, 1.807) is 19.3 Å². The van der Waals surface area contributed by atoms with E-state index in [0.717, 1.165) is 16.7 Å². The van der Waals surface area contributed by atoms with Gasteiger partial charge in [-0.1, -0.05) is 0 Å². The number of carbonyl (C=O) groups excluding carboxylic acids is 3. The molecule has 2 unspecified atom stereocenters. The summed E-state index contributed by atoms with van der Waals surface area (Å²) in [6.07, 6.45) is -0.0306. The number of ketones is 1. The van der Waals surface area contributed by atoms with Crippen LogP contribution in [0.1, 0.15) is 35.2 Å². The molecule has 1 aliphatic heterocycles. The highest BCUT2D eigenvalue weighted by Gasteiger charge is 2.36. The molecule has 0 bridgehead atoms. The number of rotatable bonds is 8. The van der Waals surface area contributed by atoms with Gasteiger partial charge in [0.2, 0.25) is 5.91 Å². The number of Topliss-reactive ketones (excluding diaryl/α,β-unsaturated/α-hetero) is 1. The Morgan fingerprint density at radius 2 is 1.86 bits per heavy atom. The third-order valence-electron chi connectivity index (χ3n) is 6.43. The summed E-state index contributed by atoms with van der Waals surface area (Å²) in [5, 5.41) is 7.35. The van der Waals surface area contributed by atoms with Gasteiger partial charge in [-0.3, -0.25) is 14.3 Å². The highest BCUT2D eigenvalue weighted by Crippen LogP contribution is 2.30. The van der Waals surface area contributed by atoms with Crippen LogP contribution in [0.15, 0.2) is 24.5 Å². The zero-order valence-electron chi connectivity index (χ0n) is 20.7. The van der Waals surface area contributed by atoms with Gasteiger partial charge in [-0.05, 0) is 49.4 Å². The van der Waals surface area contributed by atoms with Crippen molar-refractivity contribution >= 4 is 28.9 Å². The minimum absolute atomic E-state index is 0.0391. The lowest BCUT2D eigenvalue weighted by Gasteiger charge is -2.21. The van der Waals surface area contributed by atoms with Crippen molar-refractivity contribution in [3.8, 4) is 11.1 Å². The average Bonchev–Trinajstić information content (AvgIpc) is 3.40. The zero-order chi connectivity index (χ0) is 26.9. The van der Waals surface area contributed by atoms with Gasteiger partial charge in [0.05, 0.1) is 18.1 Å². The van der Waals surface area contributed by atoms with Crippen LogP contribution in [0.2, 0.25) is 0 Å². The fourth-order valence-corrected chi connectivity index (χ4v) is 4.77. The molecule has 1 saturated heterocycles. The molecule has 1 aliphatic rings. The van der Waals surface area contributed by atoms with E-state index in [2.05, 4.69) is 20.4 Å². The van der Waals surface area contributed by atoms with Crippen LogP contribution in [-0.2, 0) is 16.1 Å². The molecule has 2 aromatic heterocycles. The molecule has 3 heterocycles. The topological polar surface area (TPSA) is 110 Å². The van der Waals surface area contributed by atoms with E-state index in [9.17, 15) is 27.6 Å². The normalized spacial score (nSPS) is 17.9. The number of carbonyl (C=O) groups is 3. The fourth-order valence-electron chi connectivity index (χ4n) is 4.77. The first kappa shape index (κ1) is 26.4. The molecule has 0 aliphatic carbocycles. The summed E-state index contributed by atoms with van der Waals surface area (Å²) >= 11 is 0. The van der Waals surface area contributed by atoms with E-state index in [-0.39, 0.29) is 43.5 Å². The Bertz CT molecular complexity index is 1340. The van der Waals surface area contributed by atoms with Gasteiger partial charge >= 0.3 is 6.18 Å². The van der Waals surface area contributed by atoms with Gasteiger partial charge in [-0.2, -0.15) is 18.3 Å². The van der Waals surface area contributed by atoms with Gasteiger partial charge in [-0.15, -0.1) is 0 Å². The number of benzene rings is 1. The predicted octanol–water partition coefficient (Wildman–Crippen LogP) is 2.88. The summed E-state index contributed by atoms with van der Waals surface area (Å²) in [5.41, 5.74) is 3.17. The van der Waals surface area contributed by atoms with Gasteiger partial charge in [-0.25, -0.2) is 9.97 Å². The van der Waals surface area contributed by atoms with Crippen molar-refractivity contribution in [2.45, 2.75) is 46.0 Å². The molecule has 0 spiro atoms. The second kappa shape index (κ2) is 10.4. The van der Waals surface area contributed by atoms with Crippen LogP contribution in [0.3, 0.4) is 0 Å². The van der Waals surface area contributed by atoms with E-state index < -0.39 is 24.7 Å². The number of aromatic nitrogens is 4. The van der Waals surface area contributed by atoms with Gasteiger partial charge in [0.1, 0.15) is 24.3 Å². The molecule has 1 fully saturated rings. The lowest BCUT2D eigenvalue weighted by atomic mass is 10.0. The quantitative estimate of drug-likeness (QED) is 0.362. The van der Waals surface area contributed by atoms with Crippen LogP contribution in [0.4, 0.5) is 13.2 Å². The maximum atomic E-state index is 13.2. The predicted molar refractivity (Wildman–Crippen MR) is 129 cm³/mol. The maximum absolute atomic E-state index is 13.2. The second-order valence-corrected chi connectivity index (χ2v) is 9.37. The van der Waals surface area contributed by atoms with Gasteiger partial charge in [0.15, 0.2) is 5.78 Å². The standard InChI is InChI=1S/C25H27F3N6O3/c1-14-4-18(19-8-30-16(3)31-9-19)6-21-23(15(2)36)32-34(24(14)21)11-22(37)33-10-17(5-20(33)12-35)7-29-13-25(26,27)28/h4,6,8-9,12,17,20,29H,5,7,10-11,13H2,1-3H3. The summed E-state index contributed by atoms with van der Waals surface area (Å²) in [6, 6.07) is 2.98. The third kappa shape index (κ3) is 5.85. The van der Waals surface area contributed by atoms with Crippen LogP contribution < -0.4 is 5.32 Å². The number of amides is 1. The number of aryl methyl sites for hydroxylation is 2. The number of alkyl halides is 3. The molecule has 0 radical (unpaired) electrons. The van der Waals surface area contributed by atoms with Crippen molar-refractivity contribution in [3.05, 3.63) is 41.6 Å². The lowest BCUT2D eigenvalue weighted by Crippen LogP contribution is -2.39. The molecule has 37 heavy (non-hydrogen) atoms. The molecular weight excluding hydrogens is 489 g/mol. The molecule has 0 saturated carbocycles. The molecule has 12 heteroatoms. The van der Waals surface area contributed by atoms with E-state index >= 15 is 0 Å². The van der Waals surface area contributed by atoms with E-state index in [0.29, 0.717) is 23.0 Å². The Morgan fingerprint density at radius 1 is 1.16 bits per heavy atom. The largest absolute Gasteiger partial charge is 0.401 e. The number of hydrogen-bond donors (Lipinski definition) is 1. The maximum Gasteiger partial charge on any atom is 0.401 e. The molecule has 1 N–H and O–H groups in total. The third-order valence-corrected chi connectivity index (χ3v) is 6.43. The van der Waals surface area contributed by atoms with Crippen LogP contribution in [-0.4, -0.2) is 74.5 Å². The lowest BCUT2D eigenvalue weighted by molar-refractivity contribution is -0.135. The van der Waals surface area contributed by atoms with Crippen molar-refractivity contribution < 1.29 is 27.6 Å². The first-order valence-electron chi connectivity index (χ1n) is 11.8. The van der Waals surface area contributed by atoms with E-state index in [1.807, 2.05) is 19.1 Å². The first-order chi connectivity index (χ1) is 17.5. The Morgan fingerprint density at radius 3 is 2.49 bits per heavy atom. The van der Waals surface area contributed by atoms with Crippen molar-refractivity contribution in [1.29, 1.82) is 0 Å². The monoisotopic (exact) mass is 516 g/mol. The molecule has 3 aromatic rings. The molecule has 1 amide bonds. The van der Waals surface area contributed by atoms with Crippen molar-refractivity contribution in [3.63, 3.8) is 0 Å². The highest BCUT2D eigenvalue weighted by atomic mass is 19.4. The minimum Gasteiger partial charge on any atom is -0.331 e. The Labute approximate surface area is 211 Å². The van der Waals surface area contributed by atoms with E-state index in [1.165, 1.54) is 16.5 Å². The van der Waals surface area contributed by atoms with Crippen LogP contribution in [0.25, 0.3) is 22.0 Å². The van der Waals surface area contributed by atoms with Crippen molar-refractivity contribution in [1.82, 2.24) is 30.0 Å². The van der Waals surface area contributed by atoms with Crippen LogP contribution in [0.5, 0.6) is 0 Å². The number of halogens is 3. The zero-order valence-corrected chi connectivity index (χ0v) is 20.7. The molecule has 2 atom stereocenters. The summed E-state index contributed by atoms with van der Waals surface area (Å²) in [5.74, 6) is -0.322. The van der Waals surface area contributed by atoms with E-state index in [4.69, 9.17) is 0 Å². The van der Waals surface area contributed by atoms with Crippen LogP contribution in [0, 0.1) is 19.8 Å². The van der Waals surface area contributed by atoms with Gasteiger partial charge in [0.25, 0.3) is 0 Å². The van der Waals surface area contributed by atoms with Crippen molar-refractivity contribution in [2.24, 2.45) is 5.92 Å². The first-order valence-corrected chi connectivity index (χ1v) is 11.8. The Kier molecular flexibility index (Phi) is 7.39. The number of nitrogens with zero attached hydrogens (tertiary/aromatic N) is 5. The van der Waals surface area contributed by atoms with Gasteiger partial charge < -0.3 is 15.0 Å². The highest BCUT2D eigenvalue weighted by molar-refractivity contribution is 6.07. The SMILES string of the molecule is CC(=O)c1nn(CC(=O)N2CC(CNCC(F)(F)F)CC2C=O)c2c(C)cc(-c3cnc(C)nc3)cc12. The molecule has 4 rings (SSSR count). The minimum atomic E-state index is -4.34. The molecule has 9 nitrogen and oxygen atoms in total. The smallest absolute Gasteiger partial charge is 0.331 e. The summed E-state index contributed by atoms with van der Waals surface area (Å²) < 4.78 is 38.8. The summed E-state index contributed by atoms with van der Waals surface area (Å²) in [6.45, 7) is 3.87. The summed E-state index contributed by atoms with van der Waals surface area (Å²) in [7, 11) is 0. The molecule has 1 aromatic carbocycles.